The van der Waals surface area contributed by atoms with Gasteiger partial charge < -0.3 is 4.90 Å². The molecule has 0 aromatic heterocycles. The van der Waals surface area contributed by atoms with Crippen molar-refractivity contribution >= 4 is 18.5 Å². The van der Waals surface area contributed by atoms with E-state index in [9.17, 15) is 0 Å². The zero-order valence-electron chi connectivity index (χ0n) is 10.8. The first kappa shape index (κ1) is 14.3. The summed E-state index contributed by atoms with van der Waals surface area (Å²) in [6, 6.07) is 10.1. The zero-order valence-corrected chi connectivity index (χ0v) is 11.7. The van der Waals surface area contributed by atoms with Crippen molar-refractivity contribution in [2.24, 2.45) is 4.99 Å². The summed E-state index contributed by atoms with van der Waals surface area (Å²) in [7, 11) is 3.97. The van der Waals surface area contributed by atoms with Crippen LogP contribution < -0.4 is 0 Å². The van der Waals surface area contributed by atoms with Crippen LogP contribution in [0.2, 0.25) is 0 Å². The van der Waals surface area contributed by atoms with Gasteiger partial charge >= 0.3 is 0 Å². The van der Waals surface area contributed by atoms with Crippen molar-refractivity contribution < 1.29 is 0 Å². The standard InChI is InChI=1S/C15H18N2S/c1-5-6-12-14(17(3)4)15(16-2)18-13-10-8-7-9-11-13/h5-12H,1-2H2,3-4H3/b12-6+,15-14+. The molecule has 0 aliphatic rings. The molecular weight excluding hydrogens is 240 g/mol. The van der Waals surface area contributed by atoms with E-state index in [-0.39, 0.29) is 0 Å². The summed E-state index contributed by atoms with van der Waals surface area (Å²) in [6.45, 7) is 7.33. The molecule has 1 rings (SSSR count). The fraction of sp³-hybridized carbons (Fsp3) is 0.133. The van der Waals surface area contributed by atoms with E-state index in [1.165, 1.54) is 0 Å². The first-order valence-electron chi connectivity index (χ1n) is 5.59. The predicted octanol–water partition coefficient (Wildman–Crippen LogP) is 3.95. The van der Waals surface area contributed by atoms with Crippen molar-refractivity contribution in [3.63, 3.8) is 0 Å². The van der Waals surface area contributed by atoms with Crippen molar-refractivity contribution in [3.8, 4) is 0 Å². The number of allylic oxidation sites excluding steroid dienone is 3. The van der Waals surface area contributed by atoms with Crippen LogP contribution in [0.25, 0.3) is 0 Å². The first-order valence-corrected chi connectivity index (χ1v) is 6.41. The number of rotatable bonds is 6. The van der Waals surface area contributed by atoms with Crippen LogP contribution in [0.3, 0.4) is 0 Å². The summed E-state index contributed by atoms with van der Waals surface area (Å²) in [4.78, 5) is 7.28. The molecule has 0 aliphatic heterocycles. The molecule has 18 heavy (non-hydrogen) atoms. The second-order valence-electron chi connectivity index (χ2n) is 3.75. The number of aliphatic imine (C=N–C) groups is 1. The van der Waals surface area contributed by atoms with Gasteiger partial charge in [-0.3, -0.25) is 4.99 Å². The van der Waals surface area contributed by atoms with Gasteiger partial charge in [0.1, 0.15) is 5.03 Å². The quantitative estimate of drug-likeness (QED) is 0.436. The average Bonchev–Trinajstić information content (AvgIpc) is 2.38. The maximum Gasteiger partial charge on any atom is 0.123 e. The van der Waals surface area contributed by atoms with Crippen LogP contribution in [0.15, 0.2) is 75.8 Å². The zero-order chi connectivity index (χ0) is 13.4. The Hall–Kier alpha value is -1.74. The molecule has 0 bridgehead atoms. The molecule has 1 aromatic carbocycles. The van der Waals surface area contributed by atoms with Gasteiger partial charge in [0.25, 0.3) is 0 Å². The van der Waals surface area contributed by atoms with E-state index in [4.69, 9.17) is 0 Å². The van der Waals surface area contributed by atoms with Gasteiger partial charge in [-0.2, -0.15) is 0 Å². The van der Waals surface area contributed by atoms with Crippen LogP contribution in [-0.2, 0) is 0 Å². The Morgan fingerprint density at radius 2 is 1.94 bits per heavy atom. The van der Waals surface area contributed by atoms with Gasteiger partial charge in [0.2, 0.25) is 0 Å². The molecule has 0 unspecified atom stereocenters. The number of benzene rings is 1. The summed E-state index contributed by atoms with van der Waals surface area (Å²) in [5, 5.41) is 0.879. The minimum atomic E-state index is 0.879. The predicted molar refractivity (Wildman–Crippen MR) is 81.9 cm³/mol. The van der Waals surface area contributed by atoms with E-state index in [1.54, 1.807) is 17.8 Å². The molecule has 0 amide bonds. The van der Waals surface area contributed by atoms with Gasteiger partial charge in [-0.15, -0.1) is 0 Å². The maximum atomic E-state index is 4.12. The van der Waals surface area contributed by atoms with E-state index in [0.717, 1.165) is 15.6 Å². The third-order valence-electron chi connectivity index (χ3n) is 2.19. The molecule has 0 spiro atoms. The van der Waals surface area contributed by atoms with Gasteiger partial charge in [-0.25, -0.2) is 0 Å². The molecule has 0 atom stereocenters. The minimum Gasteiger partial charge on any atom is -0.375 e. The molecule has 0 radical (unpaired) electrons. The summed E-state index contributed by atoms with van der Waals surface area (Å²) < 4.78 is 0. The maximum absolute atomic E-state index is 4.12. The van der Waals surface area contributed by atoms with Crippen molar-refractivity contribution in [1.29, 1.82) is 0 Å². The monoisotopic (exact) mass is 258 g/mol. The Morgan fingerprint density at radius 3 is 2.44 bits per heavy atom. The molecule has 1 aromatic rings. The van der Waals surface area contributed by atoms with E-state index in [1.807, 2.05) is 49.3 Å². The Morgan fingerprint density at radius 1 is 1.28 bits per heavy atom. The second-order valence-corrected chi connectivity index (χ2v) is 4.82. The highest BCUT2D eigenvalue weighted by Gasteiger charge is 2.06. The van der Waals surface area contributed by atoms with Crippen LogP contribution in [0.5, 0.6) is 0 Å². The van der Waals surface area contributed by atoms with E-state index in [2.05, 4.69) is 30.4 Å². The van der Waals surface area contributed by atoms with Crippen molar-refractivity contribution in [2.45, 2.75) is 4.90 Å². The van der Waals surface area contributed by atoms with Gasteiger partial charge in [-0.05, 0) is 24.9 Å². The van der Waals surface area contributed by atoms with Crippen LogP contribution in [0, 0.1) is 0 Å². The van der Waals surface area contributed by atoms with Gasteiger partial charge in [0, 0.05) is 19.0 Å². The van der Waals surface area contributed by atoms with E-state index < -0.39 is 0 Å². The topological polar surface area (TPSA) is 15.6 Å². The fourth-order valence-corrected chi connectivity index (χ4v) is 2.27. The number of likely N-dealkylation sites (N-methyl/N-ethyl adjacent to an activating group) is 1. The molecule has 0 N–H and O–H groups in total. The van der Waals surface area contributed by atoms with Gasteiger partial charge in [-0.1, -0.05) is 48.7 Å². The molecule has 0 aliphatic carbocycles. The van der Waals surface area contributed by atoms with Gasteiger partial charge in [0.15, 0.2) is 0 Å². The summed E-state index contributed by atoms with van der Waals surface area (Å²) in [6.07, 6.45) is 5.62. The second kappa shape index (κ2) is 7.56. The molecular formula is C15H18N2S. The Balaban J connectivity index is 3.06. The highest BCUT2D eigenvalue weighted by molar-refractivity contribution is 8.03. The third kappa shape index (κ3) is 4.26. The summed E-state index contributed by atoms with van der Waals surface area (Å²) >= 11 is 1.60. The highest BCUT2D eigenvalue weighted by atomic mass is 32.2. The Kier molecular flexibility index (Phi) is 6.01. The lowest BCUT2D eigenvalue weighted by atomic mass is 10.3. The lowest BCUT2D eigenvalue weighted by molar-refractivity contribution is 0.527. The van der Waals surface area contributed by atoms with Crippen LogP contribution in [0.4, 0.5) is 0 Å². The Bertz CT molecular complexity index is 459. The summed E-state index contributed by atoms with van der Waals surface area (Å²) in [5.41, 5.74) is 1.01. The van der Waals surface area contributed by atoms with E-state index >= 15 is 0 Å². The number of nitrogens with zero attached hydrogens (tertiary/aromatic N) is 2. The smallest absolute Gasteiger partial charge is 0.123 e. The van der Waals surface area contributed by atoms with Crippen molar-refractivity contribution in [1.82, 2.24) is 4.90 Å². The SMILES string of the molecule is C=C/C=C/C(=C(/N=C)Sc1ccccc1)N(C)C. The lowest BCUT2D eigenvalue weighted by Crippen LogP contribution is -2.10. The fourth-order valence-electron chi connectivity index (χ4n) is 1.34. The summed E-state index contributed by atoms with van der Waals surface area (Å²) in [5.74, 6) is 0. The van der Waals surface area contributed by atoms with Crippen LogP contribution in [0.1, 0.15) is 0 Å². The number of thioether (sulfide) groups is 1. The molecule has 0 saturated carbocycles. The first-order chi connectivity index (χ1) is 8.69. The molecule has 94 valence electrons. The minimum absolute atomic E-state index is 0.879. The average molecular weight is 258 g/mol. The molecule has 2 nitrogen and oxygen atoms in total. The van der Waals surface area contributed by atoms with Crippen molar-refractivity contribution in [2.75, 3.05) is 14.1 Å². The molecule has 0 heterocycles. The highest BCUT2D eigenvalue weighted by Crippen LogP contribution is 2.30. The van der Waals surface area contributed by atoms with Crippen molar-refractivity contribution in [3.05, 3.63) is 65.9 Å². The molecule has 0 fully saturated rings. The lowest BCUT2D eigenvalue weighted by Gasteiger charge is -2.16. The molecule has 3 heteroatoms. The largest absolute Gasteiger partial charge is 0.375 e. The number of hydrogen-bond acceptors (Lipinski definition) is 3. The van der Waals surface area contributed by atoms with E-state index in [0.29, 0.717) is 0 Å². The molecule has 0 saturated heterocycles. The van der Waals surface area contributed by atoms with Crippen LogP contribution in [-0.4, -0.2) is 25.7 Å². The van der Waals surface area contributed by atoms with Gasteiger partial charge in [0.05, 0.1) is 5.70 Å². The Labute approximate surface area is 113 Å². The third-order valence-corrected chi connectivity index (χ3v) is 3.23. The number of hydrogen-bond donors (Lipinski definition) is 0. The normalized spacial score (nSPS) is 12.1. The van der Waals surface area contributed by atoms with Crippen LogP contribution >= 0.6 is 11.8 Å².